The van der Waals surface area contributed by atoms with E-state index in [0.29, 0.717) is 17.3 Å². The van der Waals surface area contributed by atoms with Crippen LogP contribution < -0.4 is 16.9 Å². The number of nitrogens with zero attached hydrogens (tertiary/aromatic N) is 3. The first-order chi connectivity index (χ1) is 16.5. The number of benzene rings is 1. The monoisotopic (exact) mass is 485 g/mol. The highest BCUT2D eigenvalue weighted by atomic mass is 19.4. The molecule has 0 saturated heterocycles. The molecule has 35 heavy (non-hydrogen) atoms. The number of allylic oxidation sites excluding steroid dienone is 1. The maximum atomic E-state index is 15.8. The highest BCUT2D eigenvalue weighted by Crippen LogP contribution is 2.37. The lowest BCUT2D eigenvalue weighted by atomic mass is 9.95. The van der Waals surface area contributed by atoms with Crippen LogP contribution in [0.5, 0.6) is 0 Å². The molecule has 4 aromatic rings. The fraction of sp³-hybridized carbons (Fsp3) is 0.125. The summed E-state index contributed by atoms with van der Waals surface area (Å²) in [7, 11) is 3.01. The number of fused-ring (bicyclic) bond motifs is 1. The molecule has 0 bridgehead atoms. The topological polar surface area (TPSA) is 98.2 Å². The van der Waals surface area contributed by atoms with Gasteiger partial charge in [0.05, 0.1) is 11.1 Å². The maximum Gasteiger partial charge on any atom is 0.503 e. The Labute approximate surface area is 195 Å². The molecule has 0 aliphatic carbocycles. The molecule has 0 radical (unpaired) electrons. The van der Waals surface area contributed by atoms with Crippen molar-refractivity contribution in [2.45, 2.75) is 6.30 Å². The second kappa shape index (κ2) is 8.75. The van der Waals surface area contributed by atoms with Crippen LogP contribution in [0.25, 0.3) is 38.7 Å². The predicted molar refractivity (Wildman–Crippen MR) is 126 cm³/mol. The number of aromatic nitrogens is 3. The molecule has 180 valence electrons. The molecule has 0 aliphatic heterocycles. The summed E-state index contributed by atoms with van der Waals surface area (Å²) < 4.78 is 56.1. The number of rotatable bonds is 4. The van der Waals surface area contributed by atoms with Crippen molar-refractivity contribution in [3.8, 4) is 22.3 Å². The fourth-order valence-corrected chi connectivity index (χ4v) is 3.82. The number of aromatic amines is 1. The Balaban J connectivity index is 2.07. The van der Waals surface area contributed by atoms with E-state index in [9.17, 15) is 22.8 Å². The van der Waals surface area contributed by atoms with Crippen molar-refractivity contribution in [2.24, 2.45) is 24.8 Å². The van der Waals surface area contributed by atoms with Gasteiger partial charge in [0.15, 0.2) is 5.82 Å². The molecule has 4 rings (SSSR count). The van der Waals surface area contributed by atoms with E-state index >= 15 is 4.39 Å². The van der Waals surface area contributed by atoms with Crippen LogP contribution in [0.4, 0.5) is 17.6 Å². The van der Waals surface area contributed by atoms with Crippen molar-refractivity contribution in [2.75, 3.05) is 0 Å². The molecule has 0 saturated carbocycles. The van der Waals surface area contributed by atoms with Crippen LogP contribution >= 0.6 is 0 Å². The molecule has 3 heterocycles. The van der Waals surface area contributed by atoms with Gasteiger partial charge in [-0.25, -0.2) is 4.39 Å². The fourth-order valence-electron chi connectivity index (χ4n) is 3.82. The van der Waals surface area contributed by atoms with Crippen LogP contribution in [0.15, 0.2) is 69.6 Å². The minimum Gasteiger partial charge on any atom is -0.404 e. The second-order valence-corrected chi connectivity index (χ2v) is 7.79. The van der Waals surface area contributed by atoms with Gasteiger partial charge in [-0.15, -0.1) is 13.2 Å². The van der Waals surface area contributed by atoms with E-state index in [1.54, 1.807) is 25.4 Å². The highest BCUT2D eigenvalue weighted by molar-refractivity contribution is 6.11. The zero-order valence-corrected chi connectivity index (χ0v) is 18.5. The van der Waals surface area contributed by atoms with Gasteiger partial charge in [-0.1, -0.05) is 30.3 Å². The van der Waals surface area contributed by atoms with Crippen molar-refractivity contribution in [1.29, 1.82) is 0 Å². The number of alkyl halides is 3. The first-order valence-corrected chi connectivity index (χ1v) is 10.2. The number of aliphatic imine (C=N–C) groups is 1. The lowest BCUT2D eigenvalue weighted by molar-refractivity contribution is -0.118. The number of hydrogen-bond acceptors (Lipinski definition) is 4. The van der Waals surface area contributed by atoms with Crippen LogP contribution in [-0.4, -0.2) is 26.6 Å². The predicted octanol–water partition coefficient (Wildman–Crippen LogP) is 3.93. The first kappa shape index (κ1) is 23.7. The average Bonchev–Trinajstić information content (AvgIpc) is 3.15. The minimum atomic E-state index is -4.90. The summed E-state index contributed by atoms with van der Waals surface area (Å²) in [6.45, 7) is 0. The summed E-state index contributed by atoms with van der Waals surface area (Å²) in [6.07, 6.45) is -0.808. The number of aryl methyl sites for hydroxylation is 2. The van der Waals surface area contributed by atoms with Crippen LogP contribution in [0.1, 0.15) is 5.69 Å². The van der Waals surface area contributed by atoms with Crippen LogP contribution in [0, 0.1) is 5.82 Å². The Morgan fingerprint density at radius 3 is 2.31 bits per heavy atom. The first-order valence-electron chi connectivity index (χ1n) is 10.2. The number of halogens is 4. The quantitative estimate of drug-likeness (QED) is 0.260. The molecular formula is C24H19F4N5O2. The van der Waals surface area contributed by atoms with E-state index in [1.165, 1.54) is 28.4 Å². The lowest BCUT2D eigenvalue weighted by Gasteiger charge is -2.14. The van der Waals surface area contributed by atoms with Gasteiger partial charge in [0.1, 0.15) is 5.52 Å². The highest BCUT2D eigenvalue weighted by Gasteiger charge is 2.27. The Kier molecular flexibility index (Phi) is 5.93. The van der Waals surface area contributed by atoms with Crippen LogP contribution in [-0.2, 0) is 14.1 Å². The van der Waals surface area contributed by atoms with Gasteiger partial charge >= 0.3 is 6.30 Å². The van der Waals surface area contributed by atoms with Crippen LogP contribution in [0.3, 0.4) is 0 Å². The van der Waals surface area contributed by atoms with E-state index < -0.39 is 28.9 Å². The number of hydrogen-bond donors (Lipinski definition) is 2. The molecule has 0 fully saturated rings. The Morgan fingerprint density at radius 2 is 1.69 bits per heavy atom. The molecule has 3 N–H and O–H groups in total. The van der Waals surface area contributed by atoms with Crippen molar-refractivity contribution in [3.63, 3.8) is 0 Å². The number of pyridine rings is 2. The molecule has 0 spiro atoms. The van der Waals surface area contributed by atoms with Gasteiger partial charge < -0.3 is 19.9 Å². The van der Waals surface area contributed by atoms with Gasteiger partial charge in [-0.2, -0.15) is 4.99 Å². The van der Waals surface area contributed by atoms with Crippen molar-refractivity contribution >= 4 is 22.7 Å². The summed E-state index contributed by atoms with van der Waals surface area (Å²) in [5, 5.41) is -0.187. The lowest BCUT2D eigenvalue weighted by Crippen LogP contribution is -2.18. The van der Waals surface area contributed by atoms with Gasteiger partial charge in [-0.3, -0.25) is 9.59 Å². The van der Waals surface area contributed by atoms with E-state index in [2.05, 4.69) is 9.98 Å². The van der Waals surface area contributed by atoms with E-state index in [1.807, 2.05) is 18.2 Å². The van der Waals surface area contributed by atoms with E-state index in [0.717, 1.165) is 11.8 Å². The average molecular weight is 485 g/mol. The Bertz CT molecular complexity index is 1610. The summed E-state index contributed by atoms with van der Waals surface area (Å²) in [4.78, 5) is 30.3. The second-order valence-electron chi connectivity index (χ2n) is 7.79. The largest absolute Gasteiger partial charge is 0.503 e. The third-order valence-electron chi connectivity index (χ3n) is 5.49. The van der Waals surface area contributed by atoms with Gasteiger partial charge in [0.2, 0.25) is 0 Å². The normalized spacial score (nSPS) is 12.7. The smallest absolute Gasteiger partial charge is 0.404 e. The number of nitrogens with two attached hydrogens (primary N) is 1. The van der Waals surface area contributed by atoms with Crippen LogP contribution in [0.2, 0.25) is 0 Å². The Hall–Kier alpha value is -4.41. The van der Waals surface area contributed by atoms with E-state index in [-0.39, 0.29) is 22.0 Å². The molecule has 0 unspecified atom stereocenters. The molecular weight excluding hydrogens is 466 g/mol. The summed E-state index contributed by atoms with van der Waals surface area (Å²) in [6, 6.07) is 10.4. The summed E-state index contributed by atoms with van der Waals surface area (Å²) in [5.41, 5.74) is 5.26. The molecule has 0 atom stereocenters. The molecule has 0 amide bonds. The zero-order chi connectivity index (χ0) is 25.5. The maximum absolute atomic E-state index is 15.8. The zero-order valence-electron chi connectivity index (χ0n) is 18.5. The minimum absolute atomic E-state index is 0.187. The SMILES string of the molecule is Cn1cc(-c2ccccc2)c(-c2cn(C)c(=O)c3[nH]c(C(C=NC(F)(F)F)=CN)c(F)c23)cc1=O. The summed E-state index contributed by atoms with van der Waals surface area (Å²) in [5.74, 6) is -1.00. The number of H-pyrrole nitrogens is 1. The third-order valence-corrected chi connectivity index (χ3v) is 5.49. The van der Waals surface area contributed by atoms with Gasteiger partial charge in [-0.05, 0) is 11.1 Å². The Morgan fingerprint density at radius 1 is 1.03 bits per heavy atom. The molecule has 1 aromatic carbocycles. The summed E-state index contributed by atoms with van der Waals surface area (Å²) >= 11 is 0. The van der Waals surface area contributed by atoms with Gasteiger partial charge in [0, 0.05) is 61.7 Å². The number of nitrogens with one attached hydrogen (secondary N) is 1. The molecule has 11 heteroatoms. The van der Waals surface area contributed by atoms with Crippen molar-refractivity contribution in [3.05, 3.63) is 87.2 Å². The van der Waals surface area contributed by atoms with Crippen molar-refractivity contribution in [1.82, 2.24) is 14.1 Å². The molecule has 7 nitrogen and oxygen atoms in total. The van der Waals surface area contributed by atoms with Crippen molar-refractivity contribution < 1.29 is 17.6 Å². The molecule has 0 aliphatic rings. The third kappa shape index (κ3) is 4.39. The standard InChI is InChI=1S/C24H19F4N5O2/c1-32-11-16(13-6-4-3-5-7-13)15(8-18(32)34)17-12-33(2)23(35)22-19(17)20(25)21(31-22)14(9-29)10-30-24(26,27)28/h3-12,31H,29H2,1-2H3. The van der Waals surface area contributed by atoms with E-state index in [4.69, 9.17) is 5.73 Å². The molecule has 3 aromatic heterocycles. The van der Waals surface area contributed by atoms with Gasteiger partial charge in [0.25, 0.3) is 11.1 Å².